The lowest BCUT2D eigenvalue weighted by molar-refractivity contribution is -0.142. The Balaban J connectivity index is 1.34. The van der Waals surface area contributed by atoms with E-state index in [9.17, 15) is 19.2 Å². The van der Waals surface area contributed by atoms with Crippen LogP contribution in [0.3, 0.4) is 0 Å². The number of esters is 1. The van der Waals surface area contributed by atoms with Gasteiger partial charge in [0.25, 0.3) is 11.8 Å². The summed E-state index contributed by atoms with van der Waals surface area (Å²) in [4.78, 5) is 52.6. The van der Waals surface area contributed by atoms with Crippen molar-refractivity contribution < 1.29 is 23.9 Å². The molecule has 0 saturated carbocycles. The van der Waals surface area contributed by atoms with Crippen LogP contribution in [0.1, 0.15) is 33.5 Å². The highest BCUT2D eigenvalue weighted by Gasteiger charge is 2.47. The van der Waals surface area contributed by atoms with E-state index in [1.54, 1.807) is 18.2 Å². The van der Waals surface area contributed by atoms with Crippen molar-refractivity contribution in [2.24, 2.45) is 0 Å². The minimum absolute atomic E-state index is 0.282. The van der Waals surface area contributed by atoms with E-state index in [-0.39, 0.29) is 18.2 Å². The van der Waals surface area contributed by atoms with E-state index in [4.69, 9.17) is 4.74 Å². The number of nitrogens with one attached hydrogen (secondary N) is 4. The van der Waals surface area contributed by atoms with E-state index in [1.165, 1.54) is 7.11 Å². The number of H-pyrrole nitrogens is 1. The third-order valence-corrected chi connectivity index (χ3v) is 6.69. The zero-order valence-electron chi connectivity index (χ0n) is 18.6. The molecule has 4 amide bonds. The Labute approximate surface area is 195 Å². The van der Waals surface area contributed by atoms with E-state index in [0.29, 0.717) is 24.8 Å². The lowest BCUT2D eigenvalue weighted by Crippen LogP contribution is -2.51. The van der Waals surface area contributed by atoms with E-state index in [0.717, 1.165) is 27.6 Å². The molecule has 3 aromatic rings. The molecule has 1 aliphatic carbocycles. The number of carbonyl (C=O) groups is 4. The number of hydrogen-bond acceptors (Lipinski definition) is 5. The summed E-state index contributed by atoms with van der Waals surface area (Å²) in [6, 6.07) is 11.7. The second-order valence-electron chi connectivity index (χ2n) is 8.76. The largest absolute Gasteiger partial charge is 0.467 e. The number of aromatic nitrogens is 1. The Bertz CT molecular complexity index is 1330. The number of hydrogen-bond donors (Lipinski definition) is 4. The number of ether oxygens (including phenoxy) is 1. The molecule has 1 spiro atoms. The molecular weight excluding hydrogens is 436 g/mol. The molecule has 2 heterocycles. The fourth-order valence-corrected chi connectivity index (χ4v) is 4.86. The van der Waals surface area contributed by atoms with Gasteiger partial charge in [-0.1, -0.05) is 24.3 Å². The van der Waals surface area contributed by atoms with Crippen LogP contribution in [0.5, 0.6) is 0 Å². The van der Waals surface area contributed by atoms with E-state index >= 15 is 0 Å². The van der Waals surface area contributed by atoms with Crippen molar-refractivity contribution in [2.75, 3.05) is 7.11 Å². The average molecular weight is 460 g/mol. The van der Waals surface area contributed by atoms with E-state index in [2.05, 4.69) is 20.9 Å². The summed E-state index contributed by atoms with van der Waals surface area (Å²) in [6.45, 7) is 0. The molecule has 5 rings (SSSR count). The number of imide groups is 1. The van der Waals surface area contributed by atoms with Crippen molar-refractivity contribution in [1.82, 2.24) is 20.9 Å². The van der Waals surface area contributed by atoms with Gasteiger partial charge in [0.1, 0.15) is 11.6 Å². The Hall–Kier alpha value is -4.14. The molecule has 9 heteroatoms. The molecule has 2 atom stereocenters. The molecule has 174 valence electrons. The van der Waals surface area contributed by atoms with Crippen LogP contribution in [-0.2, 0) is 33.6 Å². The Morgan fingerprint density at radius 2 is 1.97 bits per heavy atom. The van der Waals surface area contributed by atoms with Crippen molar-refractivity contribution in [3.8, 4) is 0 Å². The number of amides is 4. The predicted octanol–water partition coefficient (Wildman–Crippen LogP) is 1.75. The van der Waals surface area contributed by atoms with Crippen LogP contribution in [-0.4, -0.2) is 47.5 Å². The number of urea groups is 1. The first-order chi connectivity index (χ1) is 16.4. The van der Waals surface area contributed by atoms with Gasteiger partial charge in [-0.2, -0.15) is 0 Å². The van der Waals surface area contributed by atoms with Crippen molar-refractivity contribution in [1.29, 1.82) is 0 Å². The zero-order valence-corrected chi connectivity index (χ0v) is 18.6. The molecule has 1 saturated heterocycles. The summed E-state index contributed by atoms with van der Waals surface area (Å²) in [5.74, 6) is -1.23. The van der Waals surface area contributed by atoms with Gasteiger partial charge in [-0.05, 0) is 47.7 Å². The maximum absolute atomic E-state index is 13.1. The van der Waals surface area contributed by atoms with Gasteiger partial charge in [-0.25, -0.2) is 9.59 Å². The van der Waals surface area contributed by atoms with Crippen LogP contribution in [0, 0.1) is 0 Å². The molecule has 0 radical (unpaired) electrons. The van der Waals surface area contributed by atoms with Gasteiger partial charge < -0.3 is 20.4 Å². The van der Waals surface area contributed by atoms with Gasteiger partial charge in [0.2, 0.25) is 0 Å². The topological polar surface area (TPSA) is 129 Å². The fraction of sp³-hybridized carbons (Fsp3) is 0.280. The van der Waals surface area contributed by atoms with Gasteiger partial charge >= 0.3 is 12.0 Å². The molecule has 2 aromatic carbocycles. The van der Waals surface area contributed by atoms with Crippen LogP contribution in [0.25, 0.3) is 10.9 Å². The van der Waals surface area contributed by atoms with Gasteiger partial charge in [-0.15, -0.1) is 0 Å². The minimum Gasteiger partial charge on any atom is -0.467 e. The van der Waals surface area contributed by atoms with Crippen LogP contribution < -0.4 is 16.0 Å². The number of benzene rings is 2. The Kier molecular flexibility index (Phi) is 5.31. The number of carbonyl (C=O) groups excluding carboxylic acids is 4. The number of para-hydroxylation sites is 1. The average Bonchev–Trinajstić information content (AvgIpc) is 3.37. The van der Waals surface area contributed by atoms with Crippen molar-refractivity contribution in [2.45, 2.75) is 37.3 Å². The van der Waals surface area contributed by atoms with Gasteiger partial charge in [0.15, 0.2) is 0 Å². The summed E-state index contributed by atoms with van der Waals surface area (Å²) in [6.07, 6.45) is 3.48. The number of methoxy groups -OCH3 is 1. The zero-order chi connectivity index (χ0) is 23.9. The third-order valence-electron chi connectivity index (χ3n) is 6.69. The molecule has 34 heavy (non-hydrogen) atoms. The fourth-order valence-electron chi connectivity index (χ4n) is 4.86. The molecule has 9 nitrogen and oxygen atoms in total. The quantitative estimate of drug-likeness (QED) is 0.341. The molecule has 4 N–H and O–H groups in total. The molecular formula is C25H24N4O5. The highest BCUT2D eigenvalue weighted by molar-refractivity contribution is 6.07. The minimum atomic E-state index is -0.927. The monoisotopic (exact) mass is 460 g/mol. The van der Waals surface area contributed by atoms with Crippen molar-refractivity contribution >= 4 is 34.7 Å². The first-order valence-corrected chi connectivity index (χ1v) is 11.1. The standard InChI is InChI=1S/C25H24N4O5/c1-34-22(31)20(11-17-13-26-19-5-3-2-4-18(17)19)27-21(30)15-6-7-16-12-25(9-8-14(16)10-15)23(32)28-24(33)29-25/h2-7,10,13,20,26H,8-9,11-12H2,1H3,(H,27,30)(H2,28,29,32,33)/t20-,25?/m0/s1. The maximum Gasteiger partial charge on any atom is 0.328 e. The second-order valence-corrected chi connectivity index (χ2v) is 8.76. The second kappa shape index (κ2) is 8.33. The van der Waals surface area contributed by atoms with Crippen LogP contribution in [0.2, 0.25) is 0 Å². The number of rotatable bonds is 5. The summed E-state index contributed by atoms with van der Waals surface area (Å²) >= 11 is 0. The predicted molar refractivity (Wildman–Crippen MR) is 123 cm³/mol. The maximum atomic E-state index is 13.1. The number of aryl methyl sites for hydroxylation is 1. The number of aromatic amines is 1. The highest BCUT2D eigenvalue weighted by atomic mass is 16.5. The molecule has 0 bridgehead atoms. The van der Waals surface area contributed by atoms with Gasteiger partial charge in [0, 0.05) is 35.5 Å². The molecule has 1 fully saturated rings. The Morgan fingerprint density at radius 1 is 1.15 bits per heavy atom. The van der Waals surface area contributed by atoms with E-state index in [1.807, 2.05) is 30.5 Å². The summed E-state index contributed by atoms with van der Waals surface area (Å²) in [5, 5.41) is 8.84. The summed E-state index contributed by atoms with van der Waals surface area (Å²) in [7, 11) is 1.30. The van der Waals surface area contributed by atoms with Crippen LogP contribution in [0.4, 0.5) is 4.79 Å². The lowest BCUT2D eigenvalue weighted by atomic mass is 9.77. The van der Waals surface area contributed by atoms with E-state index < -0.39 is 23.6 Å². The first kappa shape index (κ1) is 21.7. The number of fused-ring (bicyclic) bond motifs is 2. The normalized spacial score (nSPS) is 19.9. The van der Waals surface area contributed by atoms with Gasteiger partial charge in [-0.3, -0.25) is 14.9 Å². The van der Waals surface area contributed by atoms with Crippen LogP contribution in [0.15, 0.2) is 48.7 Å². The lowest BCUT2D eigenvalue weighted by Gasteiger charge is -2.32. The van der Waals surface area contributed by atoms with Crippen LogP contribution >= 0.6 is 0 Å². The van der Waals surface area contributed by atoms with Gasteiger partial charge in [0.05, 0.1) is 7.11 Å². The molecule has 2 aliphatic rings. The van der Waals surface area contributed by atoms with Crippen molar-refractivity contribution in [3.63, 3.8) is 0 Å². The molecule has 1 aliphatic heterocycles. The summed E-state index contributed by atoms with van der Waals surface area (Å²) in [5.41, 5.74) is 3.19. The highest BCUT2D eigenvalue weighted by Crippen LogP contribution is 2.31. The van der Waals surface area contributed by atoms with Crippen molar-refractivity contribution in [3.05, 3.63) is 70.9 Å². The Morgan fingerprint density at radius 3 is 2.74 bits per heavy atom. The molecule has 1 unspecified atom stereocenters. The summed E-state index contributed by atoms with van der Waals surface area (Å²) < 4.78 is 4.94. The first-order valence-electron chi connectivity index (χ1n) is 11.1. The third kappa shape index (κ3) is 3.79. The smallest absolute Gasteiger partial charge is 0.328 e. The molecule has 1 aromatic heterocycles. The SMILES string of the molecule is COC(=O)[C@H](Cc1c[nH]c2ccccc12)NC(=O)c1ccc2c(c1)CCC1(C2)NC(=O)NC1=O.